The molecule has 1 aromatic carbocycles. The Balaban J connectivity index is 2.25. The predicted molar refractivity (Wildman–Crippen MR) is 57.9 cm³/mol. The van der Waals surface area contributed by atoms with E-state index in [4.69, 9.17) is 11.6 Å². The fraction of sp³-hybridized carbons (Fsp3) is 0.100. The number of aryl methyl sites for hydroxylation is 1. The van der Waals surface area contributed by atoms with Gasteiger partial charge in [-0.05, 0) is 18.2 Å². The van der Waals surface area contributed by atoms with Crippen LogP contribution in [-0.4, -0.2) is 9.55 Å². The van der Waals surface area contributed by atoms with Gasteiger partial charge in [0.2, 0.25) is 5.95 Å². The van der Waals surface area contributed by atoms with Crippen molar-refractivity contribution < 1.29 is 4.39 Å². The molecule has 1 aromatic heterocycles. The van der Waals surface area contributed by atoms with Crippen molar-refractivity contribution in [2.45, 2.75) is 0 Å². The number of hydrogen-bond donors (Lipinski definition) is 1. The molecule has 0 amide bonds. The van der Waals surface area contributed by atoms with Gasteiger partial charge in [0.1, 0.15) is 5.82 Å². The number of rotatable bonds is 2. The summed E-state index contributed by atoms with van der Waals surface area (Å²) in [6.07, 6.45) is 3.49. The molecule has 2 rings (SSSR count). The second kappa shape index (κ2) is 3.90. The van der Waals surface area contributed by atoms with Gasteiger partial charge in [-0.15, -0.1) is 0 Å². The summed E-state index contributed by atoms with van der Waals surface area (Å²) in [5, 5.41) is 3.11. The third-order valence-corrected chi connectivity index (χ3v) is 2.29. The summed E-state index contributed by atoms with van der Waals surface area (Å²) in [5.74, 6) is 0.250. The maximum Gasteiger partial charge on any atom is 0.207 e. The maximum atomic E-state index is 12.9. The molecule has 0 unspecified atom stereocenters. The van der Waals surface area contributed by atoms with E-state index in [2.05, 4.69) is 10.3 Å². The molecule has 0 aliphatic carbocycles. The summed E-state index contributed by atoms with van der Waals surface area (Å²) < 4.78 is 14.7. The number of imidazole rings is 1. The first kappa shape index (κ1) is 9.98. The highest BCUT2D eigenvalue weighted by Crippen LogP contribution is 2.21. The van der Waals surface area contributed by atoms with Gasteiger partial charge in [-0.2, -0.15) is 0 Å². The fourth-order valence-corrected chi connectivity index (χ4v) is 1.37. The van der Waals surface area contributed by atoms with Crippen LogP contribution in [0.1, 0.15) is 0 Å². The molecule has 0 atom stereocenters. The van der Waals surface area contributed by atoms with Crippen LogP contribution in [0.25, 0.3) is 0 Å². The number of anilines is 2. The number of nitrogens with one attached hydrogen (secondary N) is 1. The van der Waals surface area contributed by atoms with E-state index in [0.717, 1.165) is 0 Å². The first-order chi connectivity index (χ1) is 7.16. The average Bonchev–Trinajstić information content (AvgIpc) is 2.59. The van der Waals surface area contributed by atoms with Gasteiger partial charge in [-0.3, -0.25) is 0 Å². The summed E-state index contributed by atoms with van der Waals surface area (Å²) in [6, 6.07) is 4.44. The van der Waals surface area contributed by atoms with Crippen molar-refractivity contribution in [2.24, 2.45) is 7.05 Å². The van der Waals surface area contributed by atoms with E-state index in [1.165, 1.54) is 12.1 Å². The highest BCUT2D eigenvalue weighted by molar-refractivity contribution is 6.31. The van der Waals surface area contributed by atoms with Crippen molar-refractivity contribution in [3.05, 3.63) is 41.4 Å². The largest absolute Gasteiger partial charge is 0.326 e. The third kappa shape index (κ3) is 2.10. The summed E-state index contributed by atoms with van der Waals surface area (Å²) in [4.78, 5) is 4.08. The first-order valence-corrected chi connectivity index (χ1v) is 4.74. The minimum atomic E-state index is -0.429. The molecule has 0 fully saturated rings. The van der Waals surface area contributed by atoms with E-state index in [1.807, 2.05) is 17.8 Å². The van der Waals surface area contributed by atoms with Crippen LogP contribution >= 0.6 is 11.6 Å². The van der Waals surface area contributed by atoms with E-state index < -0.39 is 5.82 Å². The molecular weight excluding hydrogens is 217 g/mol. The van der Waals surface area contributed by atoms with Crippen LogP contribution in [0.3, 0.4) is 0 Å². The van der Waals surface area contributed by atoms with Crippen molar-refractivity contribution in [1.29, 1.82) is 0 Å². The van der Waals surface area contributed by atoms with Crippen LogP contribution in [0.2, 0.25) is 5.02 Å². The summed E-state index contributed by atoms with van der Waals surface area (Å²) in [7, 11) is 1.86. The maximum absolute atomic E-state index is 12.9. The van der Waals surface area contributed by atoms with Gasteiger partial charge < -0.3 is 9.88 Å². The predicted octanol–water partition coefficient (Wildman–Crippen LogP) is 2.96. The SMILES string of the molecule is Cn1ccnc1Nc1ccc(F)c(Cl)c1. The topological polar surface area (TPSA) is 29.9 Å². The van der Waals surface area contributed by atoms with Crippen LogP contribution in [0, 0.1) is 5.82 Å². The lowest BCUT2D eigenvalue weighted by molar-refractivity contribution is 0.628. The Morgan fingerprint density at radius 3 is 2.87 bits per heavy atom. The molecule has 2 aromatic rings. The van der Waals surface area contributed by atoms with Crippen molar-refractivity contribution in [3.8, 4) is 0 Å². The highest BCUT2D eigenvalue weighted by atomic mass is 35.5. The molecule has 5 heteroatoms. The van der Waals surface area contributed by atoms with Crippen molar-refractivity contribution in [1.82, 2.24) is 9.55 Å². The first-order valence-electron chi connectivity index (χ1n) is 4.36. The van der Waals surface area contributed by atoms with E-state index in [-0.39, 0.29) is 5.02 Å². The second-order valence-electron chi connectivity index (χ2n) is 3.12. The second-order valence-corrected chi connectivity index (χ2v) is 3.52. The minimum absolute atomic E-state index is 0.0919. The molecule has 0 saturated carbocycles. The van der Waals surface area contributed by atoms with Gasteiger partial charge in [0.25, 0.3) is 0 Å². The van der Waals surface area contributed by atoms with E-state index in [1.54, 1.807) is 12.3 Å². The monoisotopic (exact) mass is 225 g/mol. The summed E-state index contributed by atoms with van der Waals surface area (Å²) in [6.45, 7) is 0. The van der Waals surface area contributed by atoms with Gasteiger partial charge in [0.05, 0.1) is 5.02 Å². The molecule has 0 bridgehead atoms. The average molecular weight is 226 g/mol. The van der Waals surface area contributed by atoms with Gasteiger partial charge in [0.15, 0.2) is 0 Å². The molecule has 0 radical (unpaired) electrons. The molecule has 15 heavy (non-hydrogen) atoms. The van der Waals surface area contributed by atoms with E-state index in [0.29, 0.717) is 11.6 Å². The number of halogens is 2. The Bertz CT molecular complexity index is 481. The van der Waals surface area contributed by atoms with Gasteiger partial charge in [0, 0.05) is 25.1 Å². The normalized spacial score (nSPS) is 10.3. The molecule has 1 N–H and O–H groups in total. The lowest BCUT2D eigenvalue weighted by atomic mass is 10.3. The Kier molecular flexibility index (Phi) is 2.60. The molecule has 3 nitrogen and oxygen atoms in total. The lowest BCUT2D eigenvalue weighted by Gasteiger charge is -2.06. The fourth-order valence-electron chi connectivity index (χ4n) is 1.19. The van der Waals surface area contributed by atoms with Gasteiger partial charge in [-0.1, -0.05) is 11.6 Å². The van der Waals surface area contributed by atoms with Crippen LogP contribution in [0.4, 0.5) is 16.0 Å². The molecule has 0 spiro atoms. The standard InChI is InChI=1S/C10H9ClFN3/c1-15-5-4-13-10(15)14-7-2-3-9(12)8(11)6-7/h2-6H,1H3,(H,13,14). The molecule has 1 heterocycles. The van der Waals surface area contributed by atoms with Crippen molar-refractivity contribution >= 4 is 23.2 Å². The smallest absolute Gasteiger partial charge is 0.207 e. The zero-order valence-electron chi connectivity index (χ0n) is 8.04. The lowest BCUT2D eigenvalue weighted by Crippen LogP contribution is -1.98. The Morgan fingerprint density at radius 1 is 1.47 bits per heavy atom. The Labute approximate surface area is 91.5 Å². The third-order valence-electron chi connectivity index (χ3n) is 2.00. The highest BCUT2D eigenvalue weighted by Gasteiger charge is 2.03. The zero-order valence-corrected chi connectivity index (χ0v) is 8.79. The quantitative estimate of drug-likeness (QED) is 0.852. The summed E-state index contributed by atoms with van der Waals surface area (Å²) in [5.41, 5.74) is 0.704. The number of benzene rings is 1. The van der Waals surface area contributed by atoms with Crippen LogP contribution in [-0.2, 0) is 7.05 Å². The van der Waals surface area contributed by atoms with Crippen LogP contribution < -0.4 is 5.32 Å². The van der Waals surface area contributed by atoms with Gasteiger partial charge in [-0.25, -0.2) is 9.37 Å². The molecular formula is C10H9ClFN3. The van der Waals surface area contributed by atoms with E-state index in [9.17, 15) is 4.39 Å². The van der Waals surface area contributed by atoms with Crippen LogP contribution in [0.15, 0.2) is 30.6 Å². The van der Waals surface area contributed by atoms with Gasteiger partial charge >= 0.3 is 0 Å². The molecule has 78 valence electrons. The number of nitrogens with zero attached hydrogens (tertiary/aromatic N) is 2. The molecule has 0 aliphatic rings. The van der Waals surface area contributed by atoms with Crippen molar-refractivity contribution in [3.63, 3.8) is 0 Å². The summed E-state index contributed by atoms with van der Waals surface area (Å²) >= 11 is 5.65. The van der Waals surface area contributed by atoms with Crippen LogP contribution in [0.5, 0.6) is 0 Å². The zero-order chi connectivity index (χ0) is 10.8. The molecule has 0 saturated heterocycles. The Morgan fingerprint density at radius 2 is 2.27 bits per heavy atom. The number of hydrogen-bond acceptors (Lipinski definition) is 2. The van der Waals surface area contributed by atoms with E-state index >= 15 is 0 Å². The number of aromatic nitrogens is 2. The minimum Gasteiger partial charge on any atom is -0.326 e. The Hall–Kier alpha value is -1.55. The molecule has 0 aliphatic heterocycles. The van der Waals surface area contributed by atoms with Crippen molar-refractivity contribution in [2.75, 3.05) is 5.32 Å².